The van der Waals surface area contributed by atoms with Crippen LogP contribution in [0.5, 0.6) is 5.75 Å². The second-order valence-electron chi connectivity index (χ2n) is 8.28. The number of nitrogens with one attached hydrogen (secondary N) is 1. The lowest BCUT2D eigenvalue weighted by Gasteiger charge is -2.30. The van der Waals surface area contributed by atoms with E-state index >= 15 is 0 Å². The largest absolute Gasteiger partial charge is 0.497 e. The molecule has 2 atom stereocenters. The molecule has 0 saturated heterocycles. The zero-order valence-electron chi connectivity index (χ0n) is 19.4. The maximum absolute atomic E-state index is 13.3. The number of aliphatic hydroxyl groups is 1. The Morgan fingerprint density at radius 1 is 1.12 bits per heavy atom. The maximum Gasteiger partial charge on any atom is 0.243 e. The van der Waals surface area contributed by atoms with Crippen molar-refractivity contribution in [3.63, 3.8) is 0 Å². The van der Waals surface area contributed by atoms with Crippen LogP contribution < -0.4 is 10.1 Å². The highest BCUT2D eigenvalue weighted by Gasteiger charge is 2.31. The van der Waals surface area contributed by atoms with Crippen molar-refractivity contribution >= 4 is 15.9 Å². The molecule has 0 aliphatic rings. The smallest absolute Gasteiger partial charge is 0.243 e. The number of methoxy groups -OCH3 is 1. The molecule has 0 fully saturated rings. The van der Waals surface area contributed by atoms with Crippen molar-refractivity contribution in [3.8, 4) is 11.8 Å². The Kier molecular flexibility index (Phi) is 9.41. The van der Waals surface area contributed by atoms with Gasteiger partial charge in [-0.05, 0) is 54.3 Å². The van der Waals surface area contributed by atoms with Crippen LogP contribution in [0.3, 0.4) is 0 Å². The summed E-state index contributed by atoms with van der Waals surface area (Å²) in [4.78, 5) is 11.9. The van der Waals surface area contributed by atoms with Gasteiger partial charge >= 0.3 is 0 Å². The number of amides is 1. The van der Waals surface area contributed by atoms with Crippen LogP contribution in [0.1, 0.15) is 31.9 Å². The molecule has 2 rings (SSSR count). The molecule has 0 aromatic heterocycles. The molecule has 2 N–H and O–H groups in total. The highest BCUT2D eigenvalue weighted by atomic mass is 32.2. The van der Waals surface area contributed by atoms with Crippen LogP contribution >= 0.6 is 0 Å². The summed E-state index contributed by atoms with van der Waals surface area (Å²) >= 11 is 0. The van der Waals surface area contributed by atoms with Crippen molar-refractivity contribution in [1.82, 2.24) is 9.62 Å². The van der Waals surface area contributed by atoms with E-state index in [4.69, 9.17) is 10.00 Å². The fourth-order valence-electron chi connectivity index (χ4n) is 3.42. The molecule has 0 radical (unpaired) electrons. The summed E-state index contributed by atoms with van der Waals surface area (Å²) < 4.78 is 33.0. The van der Waals surface area contributed by atoms with Crippen LogP contribution in [0.15, 0.2) is 53.4 Å². The van der Waals surface area contributed by atoms with Crippen molar-refractivity contribution in [1.29, 1.82) is 5.26 Å². The lowest BCUT2D eigenvalue weighted by molar-refractivity contribution is -0.120. The van der Waals surface area contributed by atoms with Gasteiger partial charge in [0.1, 0.15) is 5.75 Å². The van der Waals surface area contributed by atoms with Crippen molar-refractivity contribution in [2.24, 2.45) is 5.92 Å². The normalized spacial score (nSPS) is 13.4. The van der Waals surface area contributed by atoms with E-state index in [1.807, 2.05) is 19.9 Å². The number of hydrogen-bond donors (Lipinski definition) is 2. The van der Waals surface area contributed by atoms with Gasteiger partial charge in [-0.25, -0.2) is 8.42 Å². The summed E-state index contributed by atoms with van der Waals surface area (Å²) in [5.74, 6) is 0.224. The Hall–Kier alpha value is -2.93. The van der Waals surface area contributed by atoms with Crippen molar-refractivity contribution in [3.05, 3.63) is 59.7 Å². The number of carbonyl (C=O) groups is 1. The first-order valence-electron chi connectivity index (χ1n) is 10.6. The molecule has 0 unspecified atom stereocenters. The lowest BCUT2D eigenvalue weighted by atomic mass is 10.00. The van der Waals surface area contributed by atoms with E-state index < -0.39 is 22.2 Å². The molecule has 0 aliphatic carbocycles. The number of hydrogen-bond acceptors (Lipinski definition) is 6. The lowest BCUT2D eigenvalue weighted by Crippen LogP contribution is -2.50. The van der Waals surface area contributed by atoms with Gasteiger partial charge in [0.15, 0.2) is 0 Å². The summed E-state index contributed by atoms with van der Waals surface area (Å²) in [6, 6.07) is 14.2. The van der Waals surface area contributed by atoms with Crippen LogP contribution in [0.2, 0.25) is 0 Å². The Morgan fingerprint density at radius 3 is 2.21 bits per heavy atom. The second kappa shape index (κ2) is 11.8. The zero-order valence-corrected chi connectivity index (χ0v) is 20.2. The molecule has 8 nitrogen and oxygen atoms in total. The summed E-state index contributed by atoms with van der Waals surface area (Å²) in [6.45, 7) is 5.15. The van der Waals surface area contributed by atoms with Crippen molar-refractivity contribution in [2.45, 2.75) is 44.2 Å². The summed E-state index contributed by atoms with van der Waals surface area (Å²) in [7, 11) is -2.39. The van der Waals surface area contributed by atoms with Crippen LogP contribution in [0.4, 0.5) is 0 Å². The van der Waals surface area contributed by atoms with E-state index in [2.05, 4.69) is 5.32 Å². The van der Waals surface area contributed by atoms with E-state index in [0.29, 0.717) is 11.3 Å². The molecule has 0 saturated carbocycles. The molecule has 0 spiro atoms. The minimum Gasteiger partial charge on any atom is -0.497 e. The Morgan fingerprint density at radius 2 is 1.73 bits per heavy atom. The molecule has 178 valence electrons. The number of carbonyl (C=O) groups excluding carboxylic acids is 1. The number of ether oxygens (including phenoxy) is 1. The van der Waals surface area contributed by atoms with E-state index in [0.717, 1.165) is 5.56 Å². The molecular weight excluding hydrogens is 442 g/mol. The minimum absolute atomic E-state index is 0.0166. The number of aliphatic hydroxyl groups excluding tert-OH is 1. The van der Waals surface area contributed by atoms with Crippen LogP contribution in [0.25, 0.3) is 0 Å². The van der Waals surface area contributed by atoms with Gasteiger partial charge in [0.05, 0.1) is 35.8 Å². The molecule has 0 aliphatic heterocycles. The fourth-order valence-corrected chi connectivity index (χ4v) is 5.05. The monoisotopic (exact) mass is 473 g/mol. The first kappa shape index (κ1) is 26.3. The Balaban J connectivity index is 2.28. The van der Waals surface area contributed by atoms with E-state index in [9.17, 15) is 18.3 Å². The fraction of sp³-hybridized carbons (Fsp3) is 0.417. The molecule has 1 amide bonds. The molecule has 0 heterocycles. The second-order valence-corrected chi connectivity index (χ2v) is 10.2. The molecule has 2 aromatic carbocycles. The Labute approximate surface area is 195 Å². The third-order valence-electron chi connectivity index (χ3n) is 5.05. The zero-order chi connectivity index (χ0) is 24.6. The van der Waals surface area contributed by atoms with E-state index in [1.54, 1.807) is 36.4 Å². The molecule has 33 heavy (non-hydrogen) atoms. The van der Waals surface area contributed by atoms with Gasteiger partial charge in [0, 0.05) is 20.0 Å². The van der Waals surface area contributed by atoms with Gasteiger partial charge in [-0.15, -0.1) is 0 Å². The highest BCUT2D eigenvalue weighted by molar-refractivity contribution is 7.89. The average Bonchev–Trinajstić information content (AvgIpc) is 2.78. The van der Waals surface area contributed by atoms with Crippen LogP contribution in [-0.4, -0.2) is 56.1 Å². The predicted octanol–water partition coefficient (Wildman–Crippen LogP) is 2.32. The van der Waals surface area contributed by atoms with E-state index in [1.165, 1.54) is 30.5 Å². The summed E-state index contributed by atoms with van der Waals surface area (Å²) in [6.07, 6.45) is -0.874. The van der Waals surface area contributed by atoms with Crippen LogP contribution in [0, 0.1) is 17.2 Å². The minimum atomic E-state index is -3.89. The molecule has 0 bridgehead atoms. The standard InChI is InChI=1S/C24H31N3O5S/c1-17(2)15-27(33(30,31)22-11-9-21(32-4)10-12-22)16-24(29)23(26-18(3)28)13-19-5-7-20(14-25)8-6-19/h5-12,17,23-24,29H,13,15-16H2,1-4H3,(H,26,28)/t23-,24+/m0/s1. The molecular formula is C24H31N3O5S. The van der Waals surface area contributed by atoms with Crippen molar-refractivity contribution in [2.75, 3.05) is 20.2 Å². The first-order valence-corrected chi connectivity index (χ1v) is 12.1. The Bertz CT molecular complexity index is 1060. The first-order chi connectivity index (χ1) is 15.6. The van der Waals surface area contributed by atoms with Crippen molar-refractivity contribution < 1.29 is 23.1 Å². The maximum atomic E-state index is 13.3. The molecule has 2 aromatic rings. The van der Waals surface area contributed by atoms with Gasteiger partial charge in [0.2, 0.25) is 15.9 Å². The van der Waals surface area contributed by atoms with E-state index in [-0.39, 0.29) is 36.2 Å². The van der Waals surface area contributed by atoms with Gasteiger partial charge in [-0.1, -0.05) is 26.0 Å². The third-order valence-corrected chi connectivity index (χ3v) is 6.89. The third kappa shape index (κ3) is 7.56. The summed E-state index contributed by atoms with van der Waals surface area (Å²) in [5.41, 5.74) is 1.31. The number of rotatable bonds is 11. The number of sulfonamides is 1. The van der Waals surface area contributed by atoms with Gasteiger partial charge < -0.3 is 15.2 Å². The highest BCUT2D eigenvalue weighted by Crippen LogP contribution is 2.21. The SMILES string of the molecule is COc1ccc(S(=O)(=O)N(CC(C)C)C[C@@H](O)[C@H](Cc2ccc(C#N)cc2)NC(C)=O)cc1. The predicted molar refractivity (Wildman–Crippen MR) is 125 cm³/mol. The quantitative estimate of drug-likeness (QED) is 0.517. The average molecular weight is 474 g/mol. The van der Waals surface area contributed by atoms with Gasteiger partial charge in [-0.3, -0.25) is 4.79 Å². The number of nitriles is 1. The van der Waals surface area contributed by atoms with Gasteiger partial charge in [-0.2, -0.15) is 9.57 Å². The number of benzene rings is 2. The topological polar surface area (TPSA) is 120 Å². The number of nitrogens with zero attached hydrogens (tertiary/aromatic N) is 2. The summed E-state index contributed by atoms with van der Waals surface area (Å²) in [5, 5.41) is 22.7. The molecule has 9 heteroatoms. The van der Waals surface area contributed by atoms with Crippen LogP contribution in [-0.2, 0) is 21.2 Å². The van der Waals surface area contributed by atoms with Gasteiger partial charge in [0.25, 0.3) is 0 Å².